The highest BCUT2D eigenvalue weighted by atomic mass is 19.1. The third-order valence-corrected chi connectivity index (χ3v) is 4.70. The minimum absolute atomic E-state index is 0.153. The number of nitrogens with one attached hydrogen (secondary N) is 1. The molecule has 0 radical (unpaired) electrons. The number of rotatable bonds is 4. The molecule has 0 spiro atoms. The molecule has 0 amide bonds. The van der Waals surface area contributed by atoms with Crippen molar-refractivity contribution in [2.24, 2.45) is 5.92 Å². The Labute approximate surface area is 115 Å². The molecule has 2 aliphatic rings. The smallest absolute Gasteiger partial charge is 0.146 e. The number of piperidine rings is 1. The number of anilines is 1. The molecule has 2 unspecified atom stereocenters. The maximum absolute atomic E-state index is 13.5. The molecule has 2 fully saturated rings. The standard InChI is InChI=1S/C16H23FN2/c17-14-7-1-2-8-15(14)18-10-12-19-11-4-6-13-5-3-9-16(13)19/h1-2,7-8,13,16,18H,3-6,9-12H2. The van der Waals surface area contributed by atoms with Crippen LogP contribution in [0.2, 0.25) is 0 Å². The molecule has 1 N–H and O–H groups in total. The van der Waals surface area contributed by atoms with Crippen LogP contribution in [0.25, 0.3) is 0 Å². The highest BCUT2D eigenvalue weighted by Gasteiger charge is 2.34. The molecule has 0 aromatic heterocycles. The van der Waals surface area contributed by atoms with Gasteiger partial charge in [0, 0.05) is 19.1 Å². The highest BCUT2D eigenvalue weighted by molar-refractivity contribution is 5.44. The Bertz CT molecular complexity index is 421. The zero-order valence-corrected chi connectivity index (χ0v) is 11.4. The van der Waals surface area contributed by atoms with Crippen LogP contribution in [-0.2, 0) is 0 Å². The number of fused-ring (bicyclic) bond motifs is 1. The lowest BCUT2D eigenvalue weighted by Crippen LogP contribution is -2.44. The van der Waals surface area contributed by atoms with Crippen LogP contribution in [0.4, 0.5) is 10.1 Å². The van der Waals surface area contributed by atoms with Crippen LogP contribution >= 0.6 is 0 Å². The van der Waals surface area contributed by atoms with E-state index in [0.29, 0.717) is 5.69 Å². The molecule has 1 aromatic carbocycles. The number of nitrogens with zero attached hydrogens (tertiary/aromatic N) is 1. The average molecular weight is 262 g/mol. The summed E-state index contributed by atoms with van der Waals surface area (Å²) >= 11 is 0. The van der Waals surface area contributed by atoms with Gasteiger partial charge in [0.1, 0.15) is 5.82 Å². The lowest BCUT2D eigenvalue weighted by atomic mass is 9.92. The lowest BCUT2D eigenvalue weighted by molar-refractivity contribution is 0.118. The summed E-state index contributed by atoms with van der Waals surface area (Å²) in [4.78, 5) is 2.62. The Morgan fingerprint density at radius 2 is 2.00 bits per heavy atom. The van der Waals surface area contributed by atoms with Gasteiger partial charge in [-0.05, 0) is 50.3 Å². The van der Waals surface area contributed by atoms with Crippen LogP contribution in [0.1, 0.15) is 32.1 Å². The summed E-state index contributed by atoms with van der Waals surface area (Å²) in [5.74, 6) is 0.780. The Morgan fingerprint density at radius 1 is 1.16 bits per heavy atom. The zero-order chi connectivity index (χ0) is 13.1. The molecule has 1 aliphatic heterocycles. The van der Waals surface area contributed by atoms with Gasteiger partial charge < -0.3 is 5.32 Å². The first-order valence-electron chi connectivity index (χ1n) is 7.57. The van der Waals surface area contributed by atoms with Crippen molar-refractivity contribution >= 4 is 5.69 Å². The topological polar surface area (TPSA) is 15.3 Å². The van der Waals surface area contributed by atoms with Crippen LogP contribution in [-0.4, -0.2) is 30.6 Å². The van der Waals surface area contributed by atoms with Crippen molar-refractivity contribution in [1.29, 1.82) is 0 Å². The summed E-state index contributed by atoms with van der Waals surface area (Å²) in [6, 6.07) is 7.73. The molecule has 19 heavy (non-hydrogen) atoms. The third kappa shape index (κ3) is 2.92. The Kier molecular flexibility index (Phi) is 4.02. The van der Waals surface area contributed by atoms with E-state index in [-0.39, 0.29) is 5.82 Å². The van der Waals surface area contributed by atoms with E-state index in [4.69, 9.17) is 0 Å². The van der Waals surface area contributed by atoms with Gasteiger partial charge in [-0.2, -0.15) is 0 Å². The van der Waals surface area contributed by atoms with Gasteiger partial charge in [-0.15, -0.1) is 0 Å². The summed E-state index contributed by atoms with van der Waals surface area (Å²) in [6.07, 6.45) is 6.93. The minimum Gasteiger partial charge on any atom is -0.381 e. The van der Waals surface area contributed by atoms with Crippen molar-refractivity contribution in [1.82, 2.24) is 4.90 Å². The van der Waals surface area contributed by atoms with E-state index >= 15 is 0 Å². The number of hydrogen-bond acceptors (Lipinski definition) is 2. The molecule has 1 aliphatic carbocycles. The van der Waals surface area contributed by atoms with Crippen LogP contribution < -0.4 is 5.32 Å². The maximum atomic E-state index is 13.5. The Hall–Kier alpha value is -1.09. The molecule has 3 heteroatoms. The van der Waals surface area contributed by atoms with Crippen LogP contribution in [0.5, 0.6) is 0 Å². The predicted molar refractivity (Wildman–Crippen MR) is 76.8 cm³/mol. The van der Waals surface area contributed by atoms with Gasteiger partial charge in [0.15, 0.2) is 0 Å². The van der Waals surface area contributed by atoms with Crippen LogP contribution in [0.15, 0.2) is 24.3 Å². The Morgan fingerprint density at radius 3 is 2.89 bits per heavy atom. The van der Waals surface area contributed by atoms with Gasteiger partial charge in [0.2, 0.25) is 0 Å². The van der Waals surface area contributed by atoms with E-state index in [2.05, 4.69) is 10.2 Å². The summed E-state index contributed by atoms with van der Waals surface area (Å²) < 4.78 is 13.5. The number of hydrogen-bond donors (Lipinski definition) is 1. The van der Waals surface area contributed by atoms with Gasteiger partial charge >= 0.3 is 0 Å². The molecule has 1 saturated carbocycles. The third-order valence-electron chi connectivity index (χ3n) is 4.70. The van der Waals surface area contributed by atoms with E-state index in [1.54, 1.807) is 6.07 Å². The van der Waals surface area contributed by atoms with Crippen LogP contribution in [0.3, 0.4) is 0 Å². The van der Waals surface area contributed by atoms with Gasteiger partial charge in [0.05, 0.1) is 5.69 Å². The molecule has 1 saturated heterocycles. The molecule has 3 rings (SSSR count). The maximum Gasteiger partial charge on any atom is 0.146 e. The number of para-hydroxylation sites is 1. The predicted octanol–water partition coefficient (Wildman–Crippen LogP) is 3.50. The fourth-order valence-electron chi connectivity index (χ4n) is 3.77. The van der Waals surface area contributed by atoms with Crippen molar-refractivity contribution in [3.63, 3.8) is 0 Å². The Balaban J connectivity index is 1.51. The average Bonchev–Trinajstić information content (AvgIpc) is 2.90. The number of likely N-dealkylation sites (tertiary alicyclic amines) is 1. The minimum atomic E-state index is -0.153. The molecule has 1 aromatic rings. The molecular formula is C16H23FN2. The second kappa shape index (κ2) is 5.91. The quantitative estimate of drug-likeness (QED) is 0.893. The molecule has 2 atom stereocenters. The van der Waals surface area contributed by atoms with E-state index in [0.717, 1.165) is 25.0 Å². The molecule has 1 heterocycles. The summed E-state index contributed by atoms with van der Waals surface area (Å²) in [5, 5.41) is 3.22. The monoisotopic (exact) mass is 262 g/mol. The van der Waals surface area contributed by atoms with Crippen molar-refractivity contribution in [2.75, 3.05) is 25.0 Å². The molecular weight excluding hydrogens is 239 g/mol. The normalized spacial score (nSPS) is 27.2. The first kappa shape index (κ1) is 12.9. The SMILES string of the molecule is Fc1ccccc1NCCN1CCCC2CCCC21. The van der Waals surface area contributed by atoms with Gasteiger partial charge in [-0.3, -0.25) is 4.90 Å². The van der Waals surface area contributed by atoms with Gasteiger partial charge in [-0.1, -0.05) is 18.6 Å². The zero-order valence-electron chi connectivity index (χ0n) is 11.4. The largest absolute Gasteiger partial charge is 0.381 e. The van der Waals surface area contributed by atoms with E-state index in [1.165, 1.54) is 44.7 Å². The lowest BCUT2D eigenvalue weighted by Gasteiger charge is -2.37. The summed E-state index contributed by atoms with van der Waals surface area (Å²) in [5.41, 5.74) is 0.627. The molecule has 2 nitrogen and oxygen atoms in total. The first-order valence-corrected chi connectivity index (χ1v) is 7.57. The van der Waals surface area contributed by atoms with E-state index < -0.39 is 0 Å². The summed E-state index contributed by atoms with van der Waals surface area (Å²) in [6.45, 7) is 3.10. The van der Waals surface area contributed by atoms with Crippen molar-refractivity contribution in [2.45, 2.75) is 38.1 Å². The summed E-state index contributed by atoms with van der Waals surface area (Å²) in [7, 11) is 0. The first-order chi connectivity index (χ1) is 9.34. The van der Waals surface area contributed by atoms with Gasteiger partial charge in [0.25, 0.3) is 0 Å². The second-order valence-electron chi connectivity index (χ2n) is 5.84. The molecule has 0 bridgehead atoms. The van der Waals surface area contributed by atoms with E-state index in [1.807, 2.05) is 12.1 Å². The van der Waals surface area contributed by atoms with E-state index in [9.17, 15) is 4.39 Å². The number of benzene rings is 1. The van der Waals surface area contributed by atoms with Gasteiger partial charge in [-0.25, -0.2) is 4.39 Å². The fourth-order valence-corrected chi connectivity index (χ4v) is 3.77. The highest BCUT2D eigenvalue weighted by Crippen LogP contribution is 2.36. The fraction of sp³-hybridized carbons (Fsp3) is 0.625. The second-order valence-corrected chi connectivity index (χ2v) is 5.84. The van der Waals surface area contributed by atoms with Crippen molar-refractivity contribution in [3.05, 3.63) is 30.1 Å². The van der Waals surface area contributed by atoms with Crippen molar-refractivity contribution < 1.29 is 4.39 Å². The van der Waals surface area contributed by atoms with Crippen molar-refractivity contribution in [3.8, 4) is 0 Å². The molecule has 104 valence electrons. The number of halogens is 1. The van der Waals surface area contributed by atoms with Crippen LogP contribution in [0, 0.1) is 11.7 Å².